The van der Waals surface area contributed by atoms with E-state index in [-0.39, 0.29) is 24.4 Å². The Bertz CT molecular complexity index is 1420. The number of rotatable bonds is 8. The van der Waals surface area contributed by atoms with Crippen molar-refractivity contribution in [3.63, 3.8) is 0 Å². The molecule has 0 unspecified atom stereocenters. The summed E-state index contributed by atoms with van der Waals surface area (Å²) in [4.78, 5) is 15.6. The number of likely N-dealkylation sites (tertiary alicyclic amines) is 2. The van der Waals surface area contributed by atoms with Gasteiger partial charge in [-0.1, -0.05) is 29.8 Å². The van der Waals surface area contributed by atoms with E-state index < -0.39 is 27.6 Å². The van der Waals surface area contributed by atoms with Crippen molar-refractivity contribution < 1.29 is 26.4 Å². The maximum absolute atomic E-state index is 14.0. The van der Waals surface area contributed by atoms with Crippen LogP contribution in [0.15, 0.2) is 52.9 Å². The molecule has 2 aromatic carbocycles. The van der Waals surface area contributed by atoms with Gasteiger partial charge >= 0.3 is 6.43 Å². The molecule has 0 N–H and O–H groups in total. The van der Waals surface area contributed by atoms with Crippen LogP contribution in [-0.2, 0) is 21.4 Å². The molecule has 0 saturated carbocycles. The van der Waals surface area contributed by atoms with Crippen LogP contribution in [0.25, 0.3) is 11.5 Å². The van der Waals surface area contributed by atoms with E-state index in [2.05, 4.69) is 15.1 Å². The Balaban J connectivity index is 1.32. The van der Waals surface area contributed by atoms with Gasteiger partial charge in [-0.05, 0) is 61.8 Å². The van der Waals surface area contributed by atoms with Crippen molar-refractivity contribution in [3.05, 3.63) is 65.0 Å². The molecule has 13 heteroatoms. The largest absolute Gasteiger partial charge is 0.415 e. The molecule has 2 saturated heterocycles. The number of alkyl halides is 2. The first kappa shape index (κ1) is 27.5. The molecule has 2 aliphatic rings. The molecule has 39 heavy (non-hydrogen) atoms. The van der Waals surface area contributed by atoms with Crippen molar-refractivity contribution in [2.45, 2.75) is 44.0 Å². The second-order valence-electron chi connectivity index (χ2n) is 9.79. The minimum Gasteiger partial charge on any atom is -0.415 e. The van der Waals surface area contributed by atoms with Gasteiger partial charge in [-0.15, -0.1) is 10.2 Å². The van der Waals surface area contributed by atoms with Crippen molar-refractivity contribution in [3.8, 4) is 11.5 Å². The number of carbonyl (C=O) groups excluding carboxylic acids is 1. The second-order valence-corrected chi connectivity index (χ2v) is 12.4. The zero-order chi connectivity index (χ0) is 27.7. The molecule has 208 valence electrons. The highest BCUT2D eigenvalue weighted by atomic mass is 35.5. The Morgan fingerprint density at radius 1 is 1.13 bits per heavy atom. The van der Waals surface area contributed by atoms with Crippen LogP contribution in [0, 0.1) is 0 Å². The first-order valence-electron chi connectivity index (χ1n) is 12.6. The monoisotopic (exact) mass is 579 g/mol. The lowest BCUT2D eigenvalue weighted by atomic mass is 10.0. The molecule has 0 radical (unpaired) electrons. The van der Waals surface area contributed by atoms with Crippen LogP contribution in [0.1, 0.15) is 37.6 Å². The van der Waals surface area contributed by atoms with Crippen LogP contribution in [0.3, 0.4) is 0 Å². The molecular weight excluding hydrogens is 552 g/mol. The Labute approximate surface area is 230 Å². The summed E-state index contributed by atoms with van der Waals surface area (Å²) in [6.07, 6.45) is -1.89. The molecule has 1 aromatic heterocycles. The summed E-state index contributed by atoms with van der Waals surface area (Å²) in [6.45, 7) is 4.27. The third-order valence-corrected chi connectivity index (χ3v) is 9.78. The Morgan fingerprint density at radius 3 is 2.41 bits per heavy atom. The first-order chi connectivity index (χ1) is 18.6. The molecule has 9 nitrogen and oxygen atoms in total. The molecule has 5 rings (SSSR count). The average Bonchev–Trinajstić information content (AvgIpc) is 3.38. The summed E-state index contributed by atoms with van der Waals surface area (Å²) in [7, 11) is -3.76. The summed E-state index contributed by atoms with van der Waals surface area (Å²) in [5, 5.41) is 6.85. The summed E-state index contributed by atoms with van der Waals surface area (Å²) in [6, 6.07) is 13.7. The molecule has 0 bridgehead atoms. The topological polar surface area (TPSA) is 99.9 Å². The van der Waals surface area contributed by atoms with Gasteiger partial charge in [0.05, 0.1) is 17.5 Å². The van der Waals surface area contributed by atoms with Gasteiger partial charge < -0.3 is 9.32 Å². The van der Waals surface area contributed by atoms with E-state index in [0.717, 1.165) is 0 Å². The lowest BCUT2D eigenvalue weighted by Crippen LogP contribution is -2.62. The van der Waals surface area contributed by atoms with E-state index >= 15 is 0 Å². The lowest BCUT2D eigenvalue weighted by Gasteiger charge is -2.47. The minimum atomic E-state index is -3.76. The van der Waals surface area contributed by atoms with E-state index in [0.29, 0.717) is 60.9 Å². The standard InChI is InChI=1S/C26H28ClF2N5O4S/c1-17(35)33-15-22(16-33)32-11-9-23(10-12-32)39(36,37)34(21-4-2-3-20(27)13-21)14-18-5-7-19(8-6-18)25-30-31-26(38-25)24(28)29/h2-8,13,22-24H,9-12,14-16H2,1H3. The number of benzene rings is 2. The van der Waals surface area contributed by atoms with Gasteiger partial charge in [0.15, 0.2) is 0 Å². The van der Waals surface area contributed by atoms with E-state index in [1.54, 1.807) is 60.4 Å². The van der Waals surface area contributed by atoms with Gasteiger partial charge in [0, 0.05) is 36.6 Å². The number of sulfonamides is 1. The predicted molar refractivity (Wildman–Crippen MR) is 142 cm³/mol. The molecular formula is C26H28ClF2N5O4S. The van der Waals surface area contributed by atoms with Gasteiger partial charge in [-0.2, -0.15) is 8.78 Å². The first-order valence-corrected chi connectivity index (χ1v) is 14.5. The van der Waals surface area contributed by atoms with Crippen LogP contribution in [-0.4, -0.2) is 71.8 Å². The second kappa shape index (κ2) is 11.2. The van der Waals surface area contributed by atoms with Crippen molar-refractivity contribution >= 4 is 33.2 Å². The highest BCUT2D eigenvalue weighted by molar-refractivity contribution is 7.93. The number of hydrogen-bond acceptors (Lipinski definition) is 7. The van der Waals surface area contributed by atoms with Crippen molar-refractivity contribution in [1.29, 1.82) is 0 Å². The van der Waals surface area contributed by atoms with Crippen LogP contribution < -0.4 is 4.31 Å². The normalized spacial score (nSPS) is 17.4. The fraction of sp³-hybridized carbons (Fsp3) is 0.423. The van der Waals surface area contributed by atoms with Gasteiger partial charge in [0.1, 0.15) is 0 Å². The molecule has 3 aromatic rings. The van der Waals surface area contributed by atoms with Crippen molar-refractivity contribution in [2.24, 2.45) is 0 Å². The number of amides is 1. The SMILES string of the molecule is CC(=O)N1CC(N2CCC(S(=O)(=O)N(Cc3ccc(-c4nnc(C(F)F)o4)cc3)c3cccc(Cl)c3)CC2)C1. The molecule has 1 amide bonds. The summed E-state index contributed by atoms with van der Waals surface area (Å²) < 4.78 is 59.9. The minimum absolute atomic E-state index is 0.0409. The van der Waals surface area contributed by atoms with Crippen LogP contribution in [0.4, 0.5) is 14.5 Å². The van der Waals surface area contributed by atoms with Crippen LogP contribution >= 0.6 is 11.6 Å². The summed E-state index contributed by atoms with van der Waals surface area (Å²) in [5.41, 5.74) is 1.60. The zero-order valence-electron chi connectivity index (χ0n) is 21.2. The van der Waals surface area contributed by atoms with Crippen LogP contribution in [0.5, 0.6) is 0 Å². The highest BCUT2D eigenvalue weighted by Gasteiger charge is 2.39. The fourth-order valence-electron chi connectivity index (χ4n) is 4.98. The molecule has 3 heterocycles. The Hall–Kier alpha value is -3.09. The molecule has 0 atom stereocenters. The lowest BCUT2D eigenvalue weighted by molar-refractivity contribution is -0.136. The molecule has 2 aliphatic heterocycles. The van der Waals surface area contributed by atoms with E-state index in [9.17, 15) is 22.0 Å². The summed E-state index contributed by atoms with van der Waals surface area (Å²) in [5.74, 6) is -0.739. The maximum atomic E-state index is 14.0. The van der Waals surface area contributed by atoms with Crippen molar-refractivity contribution in [1.82, 2.24) is 20.0 Å². The van der Waals surface area contributed by atoms with Crippen LogP contribution in [0.2, 0.25) is 5.02 Å². The third kappa shape index (κ3) is 5.92. The van der Waals surface area contributed by atoms with Gasteiger partial charge in [0.25, 0.3) is 5.89 Å². The van der Waals surface area contributed by atoms with Crippen molar-refractivity contribution in [2.75, 3.05) is 30.5 Å². The van der Waals surface area contributed by atoms with E-state index in [1.165, 1.54) is 4.31 Å². The van der Waals surface area contributed by atoms with Gasteiger partial charge in [-0.25, -0.2) is 8.42 Å². The molecule has 0 spiro atoms. The molecule has 0 aliphatic carbocycles. The zero-order valence-corrected chi connectivity index (χ0v) is 22.8. The predicted octanol–water partition coefficient (Wildman–Crippen LogP) is 4.36. The number of carbonyl (C=O) groups is 1. The number of halogens is 3. The number of anilines is 1. The smallest absolute Gasteiger partial charge is 0.314 e. The third-order valence-electron chi connectivity index (χ3n) is 7.28. The number of aromatic nitrogens is 2. The van der Waals surface area contributed by atoms with Gasteiger partial charge in [-0.3, -0.25) is 14.0 Å². The Kier molecular flexibility index (Phi) is 7.88. The van der Waals surface area contributed by atoms with E-state index in [1.807, 2.05) is 0 Å². The maximum Gasteiger partial charge on any atom is 0.314 e. The molecule has 2 fully saturated rings. The van der Waals surface area contributed by atoms with Gasteiger partial charge in [0.2, 0.25) is 21.8 Å². The van der Waals surface area contributed by atoms with E-state index in [4.69, 9.17) is 16.0 Å². The number of piperidine rings is 1. The highest BCUT2D eigenvalue weighted by Crippen LogP contribution is 2.31. The number of hydrogen-bond donors (Lipinski definition) is 0. The number of nitrogens with zero attached hydrogens (tertiary/aromatic N) is 5. The quantitative estimate of drug-likeness (QED) is 0.391. The average molecular weight is 580 g/mol. The Morgan fingerprint density at radius 2 is 1.82 bits per heavy atom. The summed E-state index contributed by atoms with van der Waals surface area (Å²) >= 11 is 6.22. The fourth-order valence-corrected chi connectivity index (χ4v) is 7.07.